The molecule has 0 saturated carbocycles. The van der Waals surface area contributed by atoms with Gasteiger partial charge in [-0.1, -0.05) is 62.7 Å². The molecule has 1 amide bonds. The monoisotopic (exact) mass is 543 g/mol. The molecule has 6 nitrogen and oxygen atoms in total. The summed E-state index contributed by atoms with van der Waals surface area (Å²) in [5, 5.41) is 0.576. The van der Waals surface area contributed by atoms with Gasteiger partial charge in [-0.15, -0.1) is 0 Å². The zero-order valence-corrected chi connectivity index (χ0v) is 23.9. The van der Waals surface area contributed by atoms with E-state index in [1.54, 1.807) is 35.6 Å². The molecule has 0 atom stereocenters. The molecule has 3 aromatic rings. The highest BCUT2D eigenvalue weighted by Gasteiger charge is 2.39. The van der Waals surface area contributed by atoms with E-state index in [2.05, 4.69) is 38.9 Å². The first-order chi connectivity index (χ1) is 18.0. The molecule has 8 heteroatoms. The van der Waals surface area contributed by atoms with Crippen molar-refractivity contribution in [3.8, 4) is 5.75 Å². The fourth-order valence-electron chi connectivity index (χ4n) is 3.97. The fourth-order valence-corrected chi connectivity index (χ4v) is 5.21. The van der Waals surface area contributed by atoms with Gasteiger partial charge in [-0.3, -0.25) is 9.69 Å². The Morgan fingerprint density at radius 3 is 2.50 bits per heavy atom. The first kappa shape index (κ1) is 25.9. The number of amidine groups is 1. The summed E-state index contributed by atoms with van der Waals surface area (Å²) in [4.78, 5) is 24.6. The van der Waals surface area contributed by atoms with E-state index in [1.165, 1.54) is 0 Å². The number of carbonyl (C=O) groups excluding carboxylic acids is 1. The third kappa shape index (κ3) is 5.30. The third-order valence-electron chi connectivity index (χ3n) is 7.04. The van der Waals surface area contributed by atoms with Crippen LogP contribution in [0.3, 0.4) is 0 Å². The van der Waals surface area contributed by atoms with E-state index in [0.29, 0.717) is 45.9 Å². The van der Waals surface area contributed by atoms with Crippen molar-refractivity contribution in [3.63, 3.8) is 0 Å². The van der Waals surface area contributed by atoms with E-state index in [1.807, 2.05) is 48.5 Å². The first-order valence-electron chi connectivity index (χ1n) is 12.5. The molecule has 0 fully saturated rings. The summed E-state index contributed by atoms with van der Waals surface area (Å²) in [5.41, 5.74) is 3.44. The number of fused-ring (bicyclic) bond motifs is 1. The number of hydrogen-bond donors (Lipinski definition) is 0. The molecule has 0 spiro atoms. The maximum atomic E-state index is 13.4. The Morgan fingerprint density at radius 1 is 1.05 bits per heavy atom. The predicted molar refractivity (Wildman–Crippen MR) is 156 cm³/mol. The number of furan rings is 1. The molecule has 0 bridgehead atoms. The highest BCUT2D eigenvalue weighted by Crippen LogP contribution is 2.39. The minimum Gasteiger partial charge on any atom is -0.543 e. The van der Waals surface area contributed by atoms with Crippen LogP contribution in [0.1, 0.15) is 37.7 Å². The Bertz CT molecular complexity index is 1500. The number of rotatable bonds is 6. The Kier molecular flexibility index (Phi) is 6.75. The minimum absolute atomic E-state index is 0.0324. The van der Waals surface area contributed by atoms with Gasteiger partial charge in [0, 0.05) is 29.3 Å². The maximum Gasteiger partial charge on any atom is 0.282 e. The highest BCUT2D eigenvalue weighted by molar-refractivity contribution is 6.74. The number of nitrogens with zero attached hydrogens (tertiary/aromatic N) is 3. The summed E-state index contributed by atoms with van der Waals surface area (Å²) in [6.07, 6.45) is 5.45. The van der Waals surface area contributed by atoms with Gasteiger partial charge >= 0.3 is 0 Å². The molecule has 0 aliphatic carbocycles. The predicted octanol–water partition coefficient (Wildman–Crippen LogP) is 7.59. The second-order valence-electron chi connectivity index (χ2n) is 10.9. The van der Waals surface area contributed by atoms with Gasteiger partial charge < -0.3 is 8.84 Å². The fraction of sp³-hybridized carbons (Fsp3) is 0.233. The Balaban J connectivity index is 1.56. The average Bonchev–Trinajstić information content (AvgIpc) is 3.47. The van der Waals surface area contributed by atoms with Crippen LogP contribution in [0.5, 0.6) is 5.75 Å². The van der Waals surface area contributed by atoms with E-state index >= 15 is 0 Å². The van der Waals surface area contributed by atoms with Crippen molar-refractivity contribution in [2.45, 2.75) is 45.3 Å². The number of carbonyl (C=O) groups is 1. The Labute approximate surface area is 229 Å². The summed E-state index contributed by atoms with van der Waals surface area (Å²) in [6, 6.07) is 19.2. The molecule has 2 aromatic carbocycles. The van der Waals surface area contributed by atoms with Crippen LogP contribution < -0.4 is 4.43 Å². The molecule has 38 heavy (non-hydrogen) atoms. The smallest absolute Gasteiger partial charge is 0.282 e. The maximum absolute atomic E-state index is 13.4. The zero-order chi connectivity index (χ0) is 27.1. The van der Waals surface area contributed by atoms with Crippen LogP contribution in [0, 0.1) is 0 Å². The SMILES string of the molecule is CC(C)(C)[Si](C)(C)Oc1cc(Cl)cc(C2=CN3C(=O)/C(=C/c4ccco4)N=C3C(Cc3ccccc3)=N2)c1. The van der Waals surface area contributed by atoms with Gasteiger partial charge in [-0.2, -0.15) is 0 Å². The third-order valence-corrected chi connectivity index (χ3v) is 11.6. The van der Waals surface area contributed by atoms with Gasteiger partial charge in [0.05, 0.1) is 17.7 Å². The van der Waals surface area contributed by atoms with Gasteiger partial charge in [-0.05, 0) is 54.0 Å². The molecular weight excluding hydrogens is 514 g/mol. The molecule has 2 aliphatic rings. The molecule has 0 N–H and O–H groups in total. The molecule has 194 valence electrons. The summed E-state index contributed by atoms with van der Waals surface area (Å²) < 4.78 is 12.0. The minimum atomic E-state index is -2.09. The van der Waals surface area contributed by atoms with Crippen LogP contribution in [0.15, 0.2) is 93.2 Å². The van der Waals surface area contributed by atoms with Crippen molar-refractivity contribution < 1.29 is 13.6 Å². The lowest BCUT2D eigenvalue weighted by molar-refractivity contribution is -0.120. The van der Waals surface area contributed by atoms with Crippen molar-refractivity contribution >= 4 is 49.1 Å². The van der Waals surface area contributed by atoms with E-state index in [0.717, 1.165) is 11.1 Å². The Morgan fingerprint density at radius 2 is 1.82 bits per heavy atom. The van der Waals surface area contributed by atoms with Gasteiger partial charge in [-0.25, -0.2) is 9.98 Å². The summed E-state index contributed by atoms with van der Waals surface area (Å²) in [6.45, 7) is 11.0. The van der Waals surface area contributed by atoms with E-state index in [-0.39, 0.29) is 10.9 Å². The molecule has 1 aromatic heterocycles. The second kappa shape index (κ2) is 9.89. The van der Waals surface area contributed by atoms with Crippen LogP contribution in [-0.2, 0) is 11.2 Å². The van der Waals surface area contributed by atoms with Gasteiger partial charge in [0.2, 0.25) is 8.32 Å². The van der Waals surface area contributed by atoms with Crippen LogP contribution in [0.25, 0.3) is 11.8 Å². The Hall–Kier alpha value is -3.68. The van der Waals surface area contributed by atoms with Crippen molar-refractivity contribution in [1.82, 2.24) is 4.90 Å². The second-order valence-corrected chi connectivity index (χ2v) is 16.1. The summed E-state index contributed by atoms with van der Waals surface area (Å²) in [5.74, 6) is 1.53. The highest BCUT2D eigenvalue weighted by atomic mass is 35.5. The number of hydrogen-bond acceptors (Lipinski definition) is 5. The van der Waals surface area contributed by atoms with E-state index in [4.69, 9.17) is 25.4 Å². The van der Waals surface area contributed by atoms with Crippen LogP contribution in [0.4, 0.5) is 0 Å². The number of halogens is 1. The van der Waals surface area contributed by atoms with Crippen LogP contribution in [-0.4, -0.2) is 30.7 Å². The molecule has 0 saturated heterocycles. The van der Waals surface area contributed by atoms with Crippen molar-refractivity contribution in [2.75, 3.05) is 0 Å². The molecule has 0 radical (unpaired) electrons. The van der Waals surface area contributed by atoms with Crippen LogP contribution in [0.2, 0.25) is 23.2 Å². The van der Waals surface area contributed by atoms with Crippen molar-refractivity contribution in [1.29, 1.82) is 0 Å². The molecule has 5 rings (SSSR count). The standard InChI is InChI=1S/C30H30ClN3O3Si/c1-30(2,3)38(4,5)37-24-16-21(15-22(31)17-24)27-19-34-28(25(32-27)14-20-10-7-6-8-11-20)33-26(29(34)35)18-23-12-9-13-36-23/h6-13,15-19H,14H2,1-5H3/b26-18-. The molecule has 0 unspecified atom stereocenters. The van der Waals surface area contributed by atoms with Crippen molar-refractivity contribution in [3.05, 3.63) is 101 Å². The van der Waals surface area contributed by atoms with Gasteiger partial charge in [0.15, 0.2) is 5.84 Å². The molecular formula is C30H30ClN3O3Si. The average molecular weight is 544 g/mol. The van der Waals surface area contributed by atoms with Crippen LogP contribution >= 0.6 is 11.6 Å². The van der Waals surface area contributed by atoms with E-state index < -0.39 is 8.32 Å². The number of amides is 1. The largest absolute Gasteiger partial charge is 0.543 e. The first-order valence-corrected chi connectivity index (χ1v) is 15.8. The summed E-state index contributed by atoms with van der Waals surface area (Å²) in [7, 11) is -2.09. The quantitative estimate of drug-likeness (QED) is 0.237. The topological polar surface area (TPSA) is 67.4 Å². The lowest BCUT2D eigenvalue weighted by atomic mass is 10.0. The van der Waals surface area contributed by atoms with Gasteiger partial charge in [0.25, 0.3) is 5.91 Å². The number of benzene rings is 2. The summed E-state index contributed by atoms with van der Waals surface area (Å²) >= 11 is 6.56. The zero-order valence-electron chi connectivity index (χ0n) is 22.2. The van der Waals surface area contributed by atoms with Crippen molar-refractivity contribution in [2.24, 2.45) is 9.98 Å². The number of aliphatic imine (C=N–C) groups is 2. The normalized spacial score (nSPS) is 16.8. The van der Waals surface area contributed by atoms with E-state index in [9.17, 15) is 4.79 Å². The lowest BCUT2D eigenvalue weighted by Gasteiger charge is -2.36. The van der Waals surface area contributed by atoms with Gasteiger partial charge in [0.1, 0.15) is 17.2 Å². The molecule has 2 aliphatic heterocycles. The molecule has 3 heterocycles. The lowest BCUT2D eigenvalue weighted by Crippen LogP contribution is -2.43.